The molecule has 0 saturated carbocycles. The average molecular weight is 132 g/mol. The quantitative estimate of drug-likeness (QED) is 0.439. The van der Waals surface area contributed by atoms with Crippen LogP contribution >= 0.6 is 0 Å². The molecule has 0 N–H and O–H groups in total. The Morgan fingerprint density at radius 3 is 3.20 bits per heavy atom. The maximum atomic E-state index is 5.21. The van der Waals surface area contributed by atoms with Crippen LogP contribution in [0.25, 0.3) is 11.3 Å². The molecule has 3 aliphatic rings. The molecule has 2 heteroatoms. The van der Waals surface area contributed by atoms with Crippen LogP contribution in [0.3, 0.4) is 0 Å². The minimum absolute atomic E-state index is 0.874. The topological polar surface area (TPSA) is 25.7 Å². The second-order valence-electron chi connectivity index (χ2n) is 2.33. The van der Waals surface area contributed by atoms with Gasteiger partial charge in [0, 0.05) is 0 Å². The normalized spacial score (nSPS) is 12.8. The van der Waals surface area contributed by atoms with Gasteiger partial charge in [-0.25, -0.2) is 0 Å². The molecule has 0 aromatic rings. The summed E-state index contributed by atoms with van der Waals surface area (Å²) < 4.78 is 10.3. The molecule has 0 bridgehead atoms. The van der Waals surface area contributed by atoms with E-state index in [4.69, 9.17) is 9.15 Å². The fraction of sp³-hybridized carbons (Fsp3) is 0. The van der Waals surface area contributed by atoms with Gasteiger partial charge in [-0.15, -0.1) is 0 Å². The van der Waals surface area contributed by atoms with E-state index in [9.17, 15) is 0 Å². The summed E-state index contributed by atoms with van der Waals surface area (Å²) in [5, 5.41) is 0. The van der Waals surface area contributed by atoms with E-state index >= 15 is 0 Å². The molecule has 0 aromatic heterocycles. The lowest BCUT2D eigenvalue weighted by Gasteiger charge is -1.87. The lowest BCUT2D eigenvalue weighted by atomic mass is 10.3. The van der Waals surface area contributed by atoms with Crippen LogP contribution in [-0.4, -0.2) is 0 Å². The van der Waals surface area contributed by atoms with Crippen molar-refractivity contribution < 1.29 is 9.15 Å². The number of fused-ring (bicyclic) bond motifs is 3. The standard InChI is InChI=1S/C8H4O2/c1-2-5-6(3-1)9-4-7-8(5)10-7/h1-4H. The number of rotatable bonds is 0. The highest BCUT2D eigenvalue weighted by molar-refractivity contribution is 5.77. The van der Waals surface area contributed by atoms with Crippen LogP contribution in [0.15, 0.2) is 28.9 Å². The minimum Gasteiger partial charge on any atom is -0.460 e. The number of ether oxygens (including phenoxy) is 1. The fourth-order valence-corrected chi connectivity index (χ4v) is 1.16. The van der Waals surface area contributed by atoms with E-state index < -0.39 is 0 Å². The monoisotopic (exact) mass is 132 g/mol. The molecule has 0 unspecified atom stereocenters. The van der Waals surface area contributed by atoms with E-state index in [1.807, 2.05) is 18.2 Å². The smallest absolute Gasteiger partial charge is 0.205 e. The SMILES string of the molecule is c1cc2occ3c(c-2c1)O3. The molecule has 2 nitrogen and oxygen atoms in total. The summed E-state index contributed by atoms with van der Waals surface area (Å²) in [6.45, 7) is 0. The van der Waals surface area contributed by atoms with Crippen molar-refractivity contribution in [1.82, 2.24) is 0 Å². The molecule has 3 rings (SSSR count). The zero-order valence-electron chi connectivity index (χ0n) is 5.13. The van der Waals surface area contributed by atoms with Gasteiger partial charge in [-0.1, -0.05) is 6.07 Å². The summed E-state index contributed by atoms with van der Waals surface area (Å²) in [5.41, 5.74) is 1.08. The lowest BCUT2D eigenvalue weighted by Crippen LogP contribution is -1.62. The molecule has 10 heavy (non-hydrogen) atoms. The largest absolute Gasteiger partial charge is 0.460 e. The van der Waals surface area contributed by atoms with E-state index in [1.54, 1.807) is 6.26 Å². The van der Waals surface area contributed by atoms with Gasteiger partial charge in [0.2, 0.25) is 5.75 Å². The van der Waals surface area contributed by atoms with E-state index in [1.165, 1.54) is 0 Å². The molecule has 2 aliphatic heterocycles. The van der Waals surface area contributed by atoms with E-state index in [2.05, 4.69) is 0 Å². The van der Waals surface area contributed by atoms with Gasteiger partial charge in [-0.2, -0.15) is 0 Å². The summed E-state index contributed by atoms with van der Waals surface area (Å²) in [4.78, 5) is 0. The molecule has 0 amide bonds. The van der Waals surface area contributed by atoms with Crippen LogP contribution in [0.2, 0.25) is 0 Å². The van der Waals surface area contributed by atoms with Crippen molar-refractivity contribution in [3.8, 4) is 22.8 Å². The highest BCUT2D eigenvalue weighted by atomic mass is 16.6. The molecule has 2 heterocycles. The third-order valence-corrected chi connectivity index (χ3v) is 1.71. The molecule has 0 fully saturated rings. The predicted octanol–water partition coefficient (Wildman–Crippen LogP) is 2.49. The van der Waals surface area contributed by atoms with Crippen molar-refractivity contribution in [2.45, 2.75) is 0 Å². The van der Waals surface area contributed by atoms with Crippen LogP contribution in [0.4, 0.5) is 0 Å². The lowest BCUT2D eigenvalue weighted by molar-refractivity contribution is 0.559. The molecule has 0 atom stereocenters. The fourth-order valence-electron chi connectivity index (χ4n) is 1.16. The first-order chi connectivity index (χ1) is 4.95. The van der Waals surface area contributed by atoms with Gasteiger partial charge in [0.1, 0.15) is 12.0 Å². The highest BCUT2D eigenvalue weighted by Gasteiger charge is 2.28. The van der Waals surface area contributed by atoms with Crippen molar-refractivity contribution in [3.05, 3.63) is 24.5 Å². The number of hydrogen-bond acceptors (Lipinski definition) is 2. The molecule has 0 spiro atoms. The maximum absolute atomic E-state index is 5.21. The Labute approximate surface area is 57.4 Å². The maximum Gasteiger partial charge on any atom is 0.205 e. The van der Waals surface area contributed by atoms with Crippen molar-refractivity contribution >= 4 is 0 Å². The number of hydrogen-bond donors (Lipinski definition) is 0. The summed E-state index contributed by atoms with van der Waals surface area (Å²) in [7, 11) is 0. The molecule has 0 aromatic carbocycles. The molecule has 0 saturated heterocycles. The van der Waals surface area contributed by atoms with Crippen molar-refractivity contribution in [1.29, 1.82) is 0 Å². The van der Waals surface area contributed by atoms with E-state index in [0.29, 0.717) is 0 Å². The first-order valence-corrected chi connectivity index (χ1v) is 3.13. The molecular weight excluding hydrogens is 128 g/mol. The Morgan fingerprint density at radius 1 is 1.20 bits per heavy atom. The Kier molecular flexibility index (Phi) is 0.520. The van der Waals surface area contributed by atoms with Gasteiger partial charge in [-0.3, -0.25) is 0 Å². The van der Waals surface area contributed by atoms with Crippen LogP contribution in [0.1, 0.15) is 0 Å². The van der Waals surface area contributed by atoms with Gasteiger partial charge in [0.05, 0.1) is 5.56 Å². The van der Waals surface area contributed by atoms with Gasteiger partial charge >= 0.3 is 0 Å². The van der Waals surface area contributed by atoms with Crippen molar-refractivity contribution in [2.24, 2.45) is 0 Å². The Bertz CT molecular complexity index is 362. The first kappa shape index (κ1) is 4.39. The molecular formula is C8H4O2. The predicted molar refractivity (Wildman–Crippen MR) is 35.4 cm³/mol. The minimum atomic E-state index is 0.874. The summed E-state index contributed by atoms with van der Waals surface area (Å²) >= 11 is 0. The average Bonchev–Trinajstić information content (AvgIpc) is 2.60. The van der Waals surface area contributed by atoms with Crippen LogP contribution < -0.4 is 4.74 Å². The summed E-state index contributed by atoms with van der Waals surface area (Å²) in [6.07, 6.45) is 1.64. The van der Waals surface area contributed by atoms with Crippen molar-refractivity contribution in [2.75, 3.05) is 0 Å². The van der Waals surface area contributed by atoms with Gasteiger partial charge < -0.3 is 9.15 Å². The first-order valence-electron chi connectivity index (χ1n) is 3.13. The second kappa shape index (κ2) is 1.19. The third kappa shape index (κ3) is 0.365. The Morgan fingerprint density at radius 2 is 2.20 bits per heavy atom. The summed E-state index contributed by atoms with van der Waals surface area (Å²) in [5.74, 6) is 2.75. The van der Waals surface area contributed by atoms with Gasteiger partial charge in [0.15, 0.2) is 5.75 Å². The van der Waals surface area contributed by atoms with Gasteiger partial charge in [-0.05, 0) is 12.1 Å². The summed E-state index contributed by atoms with van der Waals surface area (Å²) in [6, 6.07) is 5.87. The Hall–Kier alpha value is -1.44. The van der Waals surface area contributed by atoms with Gasteiger partial charge in [0.25, 0.3) is 0 Å². The highest BCUT2D eigenvalue weighted by Crippen LogP contribution is 2.53. The van der Waals surface area contributed by atoms with Crippen molar-refractivity contribution in [3.63, 3.8) is 0 Å². The molecule has 48 valence electrons. The zero-order chi connectivity index (χ0) is 6.55. The molecule has 1 aliphatic carbocycles. The van der Waals surface area contributed by atoms with E-state index in [-0.39, 0.29) is 0 Å². The van der Waals surface area contributed by atoms with E-state index in [0.717, 1.165) is 22.8 Å². The second-order valence-corrected chi connectivity index (χ2v) is 2.33. The van der Waals surface area contributed by atoms with Crippen LogP contribution in [0, 0.1) is 0 Å². The van der Waals surface area contributed by atoms with Crippen LogP contribution in [-0.2, 0) is 0 Å². The molecule has 0 radical (unpaired) electrons. The zero-order valence-corrected chi connectivity index (χ0v) is 5.13. The third-order valence-electron chi connectivity index (χ3n) is 1.71. The Balaban J connectivity index is 2.51. The van der Waals surface area contributed by atoms with Crippen LogP contribution in [0.5, 0.6) is 11.5 Å².